The van der Waals surface area contributed by atoms with Gasteiger partial charge in [-0.25, -0.2) is 0 Å². The maximum absolute atomic E-state index is 9.85. The molecule has 1 heterocycles. The number of piperidine rings is 1. The number of nitrogens with zero attached hydrogens (tertiary/aromatic N) is 1. The molecule has 0 spiro atoms. The van der Waals surface area contributed by atoms with Gasteiger partial charge in [0.05, 0.1) is 6.10 Å². The first-order valence-electron chi connectivity index (χ1n) is 6.63. The Labute approximate surface area is 108 Å². The van der Waals surface area contributed by atoms with Gasteiger partial charge >= 0.3 is 0 Å². The van der Waals surface area contributed by atoms with E-state index in [4.69, 9.17) is 5.73 Å². The van der Waals surface area contributed by atoms with E-state index >= 15 is 0 Å². The third-order valence-corrected chi connectivity index (χ3v) is 3.56. The topological polar surface area (TPSA) is 69.7 Å². The standard InChI is InChI=1S/C14H22N2O2/c15-10-13(17)14(18)11-4-6-12(7-5-11)16-8-2-1-3-9-16/h4-7,13-14,17-18H,1-3,8-10,15H2. The monoisotopic (exact) mass is 250 g/mol. The minimum atomic E-state index is -0.898. The Morgan fingerprint density at radius 1 is 1.06 bits per heavy atom. The molecule has 2 atom stereocenters. The van der Waals surface area contributed by atoms with Crippen molar-refractivity contribution in [2.24, 2.45) is 5.73 Å². The van der Waals surface area contributed by atoms with Crippen LogP contribution in [0.25, 0.3) is 0 Å². The molecule has 1 aromatic rings. The van der Waals surface area contributed by atoms with Crippen LogP contribution >= 0.6 is 0 Å². The molecule has 2 unspecified atom stereocenters. The number of rotatable bonds is 4. The first kappa shape index (κ1) is 13.3. The summed E-state index contributed by atoms with van der Waals surface area (Å²) in [6.45, 7) is 2.27. The molecule has 2 rings (SSSR count). The average Bonchev–Trinajstić information content (AvgIpc) is 2.47. The third-order valence-electron chi connectivity index (χ3n) is 3.56. The second kappa shape index (κ2) is 6.18. The van der Waals surface area contributed by atoms with Crippen LogP contribution in [0.4, 0.5) is 5.69 Å². The second-order valence-corrected chi connectivity index (χ2v) is 4.89. The molecule has 0 radical (unpaired) electrons. The van der Waals surface area contributed by atoms with Gasteiger partial charge in [-0.05, 0) is 37.0 Å². The molecule has 0 saturated carbocycles. The summed E-state index contributed by atoms with van der Waals surface area (Å²) >= 11 is 0. The molecular weight excluding hydrogens is 228 g/mol. The summed E-state index contributed by atoms with van der Waals surface area (Å²) in [5.74, 6) is 0. The van der Waals surface area contributed by atoms with Gasteiger partial charge in [0.25, 0.3) is 0 Å². The SMILES string of the molecule is NCC(O)C(O)c1ccc(N2CCCCC2)cc1. The lowest BCUT2D eigenvalue weighted by Crippen LogP contribution is -2.29. The summed E-state index contributed by atoms with van der Waals surface area (Å²) in [7, 11) is 0. The average molecular weight is 250 g/mol. The van der Waals surface area contributed by atoms with Crippen molar-refractivity contribution in [3.63, 3.8) is 0 Å². The van der Waals surface area contributed by atoms with E-state index in [1.165, 1.54) is 24.9 Å². The first-order valence-corrected chi connectivity index (χ1v) is 6.63. The fraction of sp³-hybridized carbons (Fsp3) is 0.571. The van der Waals surface area contributed by atoms with E-state index in [2.05, 4.69) is 4.90 Å². The molecule has 0 bridgehead atoms. The van der Waals surface area contributed by atoms with Crippen LogP contribution in [0.3, 0.4) is 0 Å². The van der Waals surface area contributed by atoms with Crippen molar-refractivity contribution in [3.05, 3.63) is 29.8 Å². The van der Waals surface area contributed by atoms with Gasteiger partial charge in [-0.2, -0.15) is 0 Å². The van der Waals surface area contributed by atoms with Gasteiger partial charge in [-0.1, -0.05) is 12.1 Å². The number of hydrogen-bond acceptors (Lipinski definition) is 4. The smallest absolute Gasteiger partial charge is 0.106 e. The molecule has 1 aliphatic heterocycles. The Bertz CT molecular complexity index is 340. The van der Waals surface area contributed by atoms with Gasteiger partial charge in [0.2, 0.25) is 0 Å². The van der Waals surface area contributed by atoms with Gasteiger partial charge in [0.15, 0.2) is 0 Å². The largest absolute Gasteiger partial charge is 0.389 e. The molecule has 1 saturated heterocycles. The summed E-state index contributed by atoms with van der Waals surface area (Å²) in [6.07, 6.45) is 2.01. The van der Waals surface area contributed by atoms with Crippen molar-refractivity contribution in [1.82, 2.24) is 0 Å². The van der Waals surface area contributed by atoms with Crippen LogP contribution in [0.2, 0.25) is 0 Å². The van der Waals surface area contributed by atoms with Gasteiger partial charge in [-0.15, -0.1) is 0 Å². The molecule has 100 valence electrons. The minimum absolute atomic E-state index is 0.0645. The molecule has 0 aliphatic carbocycles. The molecule has 1 aliphatic rings. The number of anilines is 1. The van der Waals surface area contributed by atoms with Crippen LogP contribution in [0, 0.1) is 0 Å². The van der Waals surface area contributed by atoms with Crippen LogP contribution < -0.4 is 10.6 Å². The predicted molar refractivity (Wildman–Crippen MR) is 72.5 cm³/mol. The first-order chi connectivity index (χ1) is 8.72. The maximum atomic E-state index is 9.85. The molecule has 0 aromatic heterocycles. The molecule has 4 heteroatoms. The quantitative estimate of drug-likeness (QED) is 0.746. The maximum Gasteiger partial charge on any atom is 0.106 e. The zero-order valence-corrected chi connectivity index (χ0v) is 10.6. The number of nitrogens with two attached hydrogens (primary N) is 1. The van der Waals surface area contributed by atoms with Crippen molar-refractivity contribution >= 4 is 5.69 Å². The third kappa shape index (κ3) is 3.02. The highest BCUT2D eigenvalue weighted by Crippen LogP contribution is 2.23. The van der Waals surface area contributed by atoms with Crippen LogP contribution in [0.5, 0.6) is 0 Å². The lowest BCUT2D eigenvalue weighted by molar-refractivity contribution is 0.0243. The van der Waals surface area contributed by atoms with Crippen LogP contribution in [0.15, 0.2) is 24.3 Å². The molecule has 4 nitrogen and oxygen atoms in total. The minimum Gasteiger partial charge on any atom is -0.389 e. The molecular formula is C14H22N2O2. The van der Waals surface area contributed by atoms with Crippen LogP contribution in [-0.2, 0) is 0 Å². The zero-order chi connectivity index (χ0) is 13.0. The van der Waals surface area contributed by atoms with E-state index in [0.717, 1.165) is 13.1 Å². The van der Waals surface area contributed by atoms with E-state index < -0.39 is 12.2 Å². The summed E-state index contributed by atoms with van der Waals surface area (Å²) in [4.78, 5) is 2.36. The molecule has 4 N–H and O–H groups in total. The summed E-state index contributed by atoms with van der Waals surface area (Å²) in [5, 5.41) is 19.4. The summed E-state index contributed by atoms with van der Waals surface area (Å²) in [6, 6.07) is 7.75. The van der Waals surface area contributed by atoms with Gasteiger partial charge < -0.3 is 20.8 Å². The lowest BCUT2D eigenvalue weighted by Gasteiger charge is -2.29. The second-order valence-electron chi connectivity index (χ2n) is 4.89. The van der Waals surface area contributed by atoms with Crippen molar-refractivity contribution in [1.29, 1.82) is 0 Å². The fourth-order valence-electron chi connectivity index (χ4n) is 2.39. The van der Waals surface area contributed by atoms with Gasteiger partial charge in [0, 0.05) is 25.3 Å². The van der Waals surface area contributed by atoms with Crippen molar-refractivity contribution in [2.45, 2.75) is 31.5 Å². The van der Waals surface area contributed by atoms with E-state index in [0.29, 0.717) is 5.56 Å². The van der Waals surface area contributed by atoms with Crippen molar-refractivity contribution in [2.75, 3.05) is 24.5 Å². The Balaban J connectivity index is 2.04. The molecule has 1 aromatic carbocycles. The van der Waals surface area contributed by atoms with E-state index in [-0.39, 0.29) is 6.54 Å². The Kier molecular flexibility index (Phi) is 4.58. The van der Waals surface area contributed by atoms with Gasteiger partial charge in [0.1, 0.15) is 6.10 Å². The van der Waals surface area contributed by atoms with E-state index in [9.17, 15) is 10.2 Å². The Morgan fingerprint density at radius 3 is 2.22 bits per heavy atom. The highest BCUT2D eigenvalue weighted by atomic mass is 16.3. The summed E-state index contributed by atoms with van der Waals surface area (Å²) < 4.78 is 0. The number of aliphatic hydroxyl groups is 2. The molecule has 1 fully saturated rings. The number of hydrogen-bond donors (Lipinski definition) is 3. The van der Waals surface area contributed by atoms with Crippen LogP contribution in [0.1, 0.15) is 30.9 Å². The van der Waals surface area contributed by atoms with Crippen LogP contribution in [-0.4, -0.2) is 36.0 Å². The highest BCUT2D eigenvalue weighted by molar-refractivity contribution is 5.48. The van der Waals surface area contributed by atoms with E-state index in [1.807, 2.05) is 24.3 Å². The van der Waals surface area contributed by atoms with E-state index in [1.54, 1.807) is 0 Å². The zero-order valence-electron chi connectivity index (χ0n) is 10.6. The van der Waals surface area contributed by atoms with Gasteiger partial charge in [-0.3, -0.25) is 0 Å². The van der Waals surface area contributed by atoms with Crippen molar-refractivity contribution in [3.8, 4) is 0 Å². The Hall–Kier alpha value is -1.10. The van der Waals surface area contributed by atoms with Crippen molar-refractivity contribution < 1.29 is 10.2 Å². The number of aliphatic hydroxyl groups excluding tert-OH is 2. The lowest BCUT2D eigenvalue weighted by atomic mass is 10.0. The normalized spacial score (nSPS) is 19.6. The Morgan fingerprint density at radius 2 is 1.67 bits per heavy atom. The highest BCUT2D eigenvalue weighted by Gasteiger charge is 2.17. The molecule has 18 heavy (non-hydrogen) atoms. The fourth-order valence-corrected chi connectivity index (χ4v) is 2.39. The molecule has 0 amide bonds. The summed E-state index contributed by atoms with van der Waals surface area (Å²) in [5.41, 5.74) is 7.24. The number of benzene rings is 1. The predicted octanol–water partition coefficient (Wildman–Crippen LogP) is 1.03.